The van der Waals surface area contributed by atoms with Crippen LogP contribution in [0.5, 0.6) is 5.75 Å². The zero-order valence-electron chi connectivity index (χ0n) is 11.6. The second-order valence-corrected chi connectivity index (χ2v) is 4.85. The summed E-state index contributed by atoms with van der Waals surface area (Å²) in [4.78, 5) is 0. The van der Waals surface area contributed by atoms with Crippen molar-refractivity contribution in [2.45, 2.75) is 25.7 Å². The van der Waals surface area contributed by atoms with E-state index in [4.69, 9.17) is 16.3 Å². The molecule has 2 rings (SSSR count). The molecule has 20 heavy (non-hydrogen) atoms. The van der Waals surface area contributed by atoms with Crippen LogP contribution in [0, 0.1) is 12.3 Å². The smallest absolute Gasteiger partial charge is 0.119 e. The van der Waals surface area contributed by atoms with Gasteiger partial charge in [0.25, 0.3) is 0 Å². The lowest BCUT2D eigenvalue weighted by Gasteiger charge is -2.07. The maximum atomic E-state index is 8.70. The van der Waals surface area contributed by atoms with Crippen molar-refractivity contribution < 1.29 is 9.84 Å². The molecule has 1 N–H and O–H groups in total. The van der Waals surface area contributed by atoms with Gasteiger partial charge in [0, 0.05) is 12.2 Å². The normalized spacial score (nSPS) is 10.4. The largest absolute Gasteiger partial charge is 0.494 e. The van der Waals surface area contributed by atoms with Gasteiger partial charge >= 0.3 is 0 Å². The third-order valence-corrected chi connectivity index (χ3v) is 3.30. The highest BCUT2D eigenvalue weighted by molar-refractivity contribution is 5.85. The Morgan fingerprint density at radius 2 is 1.70 bits per heavy atom. The lowest BCUT2D eigenvalue weighted by molar-refractivity contribution is 0.273. The van der Waals surface area contributed by atoms with Crippen molar-refractivity contribution in [1.29, 1.82) is 0 Å². The first-order chi connectivity index (χ1) is 9.83. The number of aliphatic hydroxyl groups excluding tert-OH is 1. The zero-order valence-corrected chi connectivity index (χ0v) is 11.6. The summed E-state index contributed by atoms with van der Waals surface area (Å²) in [6.45, 7) is 1.00. The van der Waals surface area contributed by atoms with E-state index in [0.29, 0.717) is 0 Å². The van der Waals surface area contributed by atoms with E-state index < -0.39 is 0 Å². The van der Waals surface area contributed by atoms with Crippen molar-refractivity contribution in [3.05, 3.63) is 42.0 Å². The Kier molecular flexibility index (Phi) is 5.46. The molecule has 0 spiro atoms. The monoisotopic (exact) mass is 268 g/mol. The van der Waals surface area contributed by atoms with Crippen LogP contribution in [0.3, 0.4) is 0 Å². The number of hydrogen-bond donors (Lipinski definition) is 1. The van der Waals surface area contributed by atoms with Gasteiger partial charge in [0.2, 0.25) is 0 Å². The number of rotatable bonds is 7. The Morgan fingerprint density at radius 3 is 2.50 bits per heavy atom. The first-order valence-corrected chi connectivity index (χ1v) is 7.07. The van der Waals surface area contributed by atoms with Crippen LogP contribution in [-0.4, -0.2) is 18.3 Å². The first kappa shape index (κ1) is 14.4. The lowest BCUT2D eigenvalue weighted by atomic mass is 10.1. The van der Waals surface area contributed by atoms with Gasteiger partial charge in [0.15, 0.2) is 0 Å². The van der Waals surface area contributed by atoms with E-state index in [9.17, 15) is 0 Å². The van der Waals surface area contributed by atoms with Crippen molar-refractivity contribution in [3.8, 4) is 18.1 Å². The molecule has 2 nitrogen and oxygen atoms in total. The molecule has 0 unspecified atom stereocenters. The molecule has 0 aliphatic heterocycles. The number of fused-ring (bicyclic) bond motifs is 1. The number of unbranched alkanes of at least 4 members (excludes halogenated alkanes) is 3. The summed E-state index contributed by atoms with van der Waals surface area (Å²) in [5.74, 6) is 3.54. The summed E-state index contributed by atoms with van der Waals surface area (Å²) < 4.78 is 5.75. The van der Waals surface area contributed by atoms with Gasteiger partial charge in [-0.15, -0.1) is 6.42 Å². The highest BCUT2D eigenvalue weighted by Gasteiger charge is 1.99. The van der Waals surface area contributed by atoms with Crippen LogP contribution in [-0.2, 0) is 0 Å². The van der Waals surface area contributed by atoms with Crippen LogP contribution >= 0.6 is 0 Å². The van der Waals surface area contributed by atoms with Gasteiger partial charge in [-0.3, -0.25) is 0 Å². The molecule has 0 saturated heterocycles. The minimum atomic E-state index is 0.283. The Balaban J connectivity index is 1.90. The molecule has 104 valence electrons. The minimum absolute atomic E-state index is 0.283. The molecule has 0 bridgehead atoms. The molecular weight excluding hydrogens is 248 g/mol. The standard InChI is InChI=1S/C18H20O2/c1-2-15-7-8-17-14-18(10-9-16(17)13-15)20-12-6-4-3-5-11-19/h1,7-10,13-14,19H,3-6,11-12H2. The van der Waals surface area contributed by atoms with Crippen LogP contribution in [0.25, 0.3) is 10.8 Å². The fourth-order valence-electron chi connectivity index (χ4n) is 2.16. The van der Waals surface area contributed by atoms with Crippen molar-refractivity contribution in [3.63, 3.8) is 0 Å². The average Bonchev–Trinajstić information content (AvgIpc) is 2.50. The Morgan fingerprint density at radius 1 is 0.950 bits per heavy atom. The van der Waals surface area contributed by atoms with Crippen LogP contribution in [0.15, 0.2) is 36.4 Å². The van der Waals surface area contributed by atoms with E-state index in [1.54, 1.807) is 0 Å². The topological polar surface area (TPSA) is 29.5 Å². The van der Waals surface area contributed by atoms with Gasteiger partial charge in [-0.2, -0.15) is 0 Å². The SMILES string of the molecule is C#Cc1ccc2cc(OCCCCCCO)ccc2c1. The van der Waals surface area contributed by atoms with Gasteiger partial charge in [0.05, 0.1) is 6.61 Å². The highest BCUT2D eigenvalue weighted by atomic mass is 16.5. The van der Waals surface area contributed by atoms with Gasteiger partial charge in [-0.1, -0.05) is 24.5 Å². The first-order valence-electron chi connectivity index (χ1n) is 7.07. The molecule has 0 aliphatic carbocycles. The molecule has 0 heterocycles. The molecule has 2 aromatic rings. The third kappa shape index (κ3) is 4.01. The Hall–Kier alpha value is -1.98. The summed E-state index contributed by atoms with van der Waals surface area (Å²) in [6.07, 6.45) is 9.46. The third-order valence-electron chi connectivity index (χ3n) is 3.30. The van der Waals surface area contributed by atoms with Crippen LogP contribution in [0.4, 0.5) is 0 Å². The molecule has 2 heteroatoms. The molecular formula is C18H20O2. The number of benzene rings is 2. The average molecular weight is 268 g/mol. The molecule has 0 aliphatic rings. The molecule has 2 aromatic carbocycles. The number of aliphatic hydroxyl groups is 1. The molecule has 0 radical (unpaired) electrons. The van der Waals surface area contributed by atoms with Crippen molar-refractivity contribution in [1.82, 2.24) is 0 Å². The van der Waals surface area contributed by atoms with Crippen molar-refractivity contribution in [2.24, 2.45) is 0 Å². The summed E-state index contributed by atoms with van der Waals surface area (Å²) in [7, 11) is 0. The zero-order chi connectivity index (χ0) is 14.2. The summed E-state index contributed by atoms with van der Waals surface area (Å²) >= 11 is 0. The second kappa shape index (κ2) is 7.57. The van der Waals surface area contributed by atoms with E-state index in [-0.39, 0.29) is 6.61 Å². The second-order valence-electron chi connectivity index (χ2n) is 4.85. The lowest BCUT2D eigenvalue weighted by Crippen LogP contribution is -1.97. The molecule has 0 amide bonds. The molecule has 0 atom stereocenters. The number of ether oxygens (including phenoxy) is 1. The van der Waals surface area contributed by atoms with Gasteiger partial charge < -0.3 is 9.84 Å². The van der Waals surface area contributed by atoms with E-state index in [0.717, 1.165) is 54.4 Å². The summed E-state index contributed by atoms with van der Waals surface area (Å²) in [6, 6.07) is 12.0. The number of hydrogen-bond acceptors (Lipinski definition) is 2. The maximum Gasteiger partial charge on any atom is 0.119 e. The van der Waals surface area contributed by atoms with Crippen LogP contribution < -0.4 is 4.74 Å². The Labute approximate surface area is 120 Å². The summed E-state index contributed by atoms with van der Waals surface area (Å²) in [5, 5.41) is 11.0. The Bertz CT molecular complexity index is 596. The fraction of sp³-hybridized carbons (Fsp3) is 0.333. The number of terminal acetylenes is 1. The predicted octanol–water partition coefficient (Wildman–Crippen LogP) is 3.75. The predicted molar refractivity (Wildman–Crippen MR) is 82.9 cm³/mol. The quantitative estimate of drug-likeness (QED) is 0.612. The molecule has 0 saturated carbocycles. The van der Waals surface area contributed by atoms with E-state index >= 15 is 0 Å². The van der Waals surface area contributed by atoms with Crippen molar-refractivity contribution in [2.75, 3.05) is 13.2 Å². The summed E-state index contributed by atoms with van der Waals surface area (Å²) in [5.41, 5.74) is 0.898. The van der Waals surface area contributed by atoms with Gasteiger partial charge in [-0.05, 0) is 54.3 Å². The minimum Gasteiger partial charge on any atom is -0.494 e. The van der Waals surface area contributed by atoms with E-state index in [2.05, 4.69) is 5.92 Å². The molecule has 0 aromatic heterocycles. The fourth-order valence-corrected chi connectivity index (χ4v) is 2.16. The van der Waals surface area contributed by atoms with Crippen LogP contribution in [0.1, 0.15) is 31.2 Å². The van der Waals surface area contributed by atoms with Crippen LogP contribution in [0.2, 0.25) is 0 Å². The van der Waals surface area contributed by atoms with Crippen molar-refractivity contribution >= 4 is 10.8 Å². The van der Waals surface area contributed by atoms with Gasteiger partial charge in [0.1, 0.15) is 5.75 Å². The highest BCUT2D eigenvalue weighted by Crippen LogP contribution is 2.22. The molecule has 0 fully saturated rings. The van der Waals surface area contributed by atoms with E-state index in [1.807, 2.05) is 36.4 Å². The van der Waals surface area contributed by atoms with E-state index in [1.165, 1.54) is 0 Å². The van der Waals surface area contributed by atoms with Gasteiger partial charge in [-0.25, -0.2) is 0 Å². The maximum absolute atomic E-state index is 8.70.